The minimum Gasteiger partial charge on any atom is -0.507 e. The van der Waals surface area contributed by atoms with Gasteiger partial charge < -0.3 is 32.3 Å². The van der Waals surface area contributed by atoms with Gasteiger partial charge >= 0.3 is 5.97 Å². The first-order valence-corrected chi connectivity index (χ1v) is 9.87. The molecule has 0 saturated carbocycles. The summed E-state index contributed by atoms with van der Waals surface area (Å²) in [7, 11) is 0. The second kappa shape index (κ2) is 8.82. The Hall–Kier alpha value is -3.61. The van der Waals surface area contributed by atoms with E-state index in [-0.39, 0.29) is 23.1 Å². The van der Waals surface area contributed by atoms with Crippen molar-refractivity contribution in [2.75, 3.05) is 13.1 Å². The maximum Gasteiger partial charge on any atom is 0.335 e. The highest BCUT2D eigenvalue weighted by atomic mass is 16.4. The molecule has 158 valence electrons. The molecule has 0 radical (unpaired) electrons. The van der Waals surface area contributed by atoms with Crippen LogP contribution in [0.5, 0.6) is 5.75 Å². The molecule has 2 aromatic carbocycles. The van der Waals surface area contributed by atoms with Gasteiger partial charge in [0.25, 0.3) is 0 Å². The smallest absolute Gasteiger partial charge is 0.335 e. The van der Waals surface area contributed by atoms with Crippen LogP contribution in [-0.2, 0) is 0 Å². The van der Waals surface area contributed by atoms with Crippen molar-refractivity contribution in [3.63, 3.8) is 0 Å². The quantitative estimate of drug-likeness (QED) is 0.479. The fourth-order valence-corrected chi connectivity index (χ4v) is 3.89. The molecule has 0 spiro atoms. The van der Waals surface area contributed by atoms with E-state index in [1.165, 1.54) is 0 Å². The second-order valence-corrected chi connectivity index (χ2v) is 7.70. The SMILES string of the molecule is C[C@@H]1CCN(C(/C=C(\N)c2ccccc2O)=C(N)N)CC1c1ccc(C(=O)O)cc1. The summed E-state index contributed by atoms with van der Waals surface area (Å²) in [5.74, 6) is -0.0918. The van der Waals surface area contributed by atoms with Crippen LogP contribution in [0.4, 0.5) is 0 Å². The lowest BCUT2D eigenvalue weighted by Crippen LogP contribution is -2.39. The van der Waals surface area contributed by atoms with Gasteiger partial charge in [-0.25, -0.2) is 4.79 Å². The number of carbonyl (C=O) groups is 1. The molecule has 3 rings (SSSR count). The molecule has 0 bridgehead atoms. The second-order valence-electron chi connectivity index (χ2n) is 7.70. The van der Waals surface area contributed by atoms with Gasteiger partial charge in [0.1, 0.15) is 11.6 Å². The van der Waals surface area contributed by atoms with Crippen LogP contribution < -0.4 is 17.2 Å². The van der Waals surface area contributed by atoms with E-state index in [0.29, 0.717) is 29.4 Å². The summed E-state index contributed by atoms with van der Waals surface area (Å²) >= 11 is 0. The summed E-state index contributed by atoms with van der Waals surface area (Å²) in [6.07, 6.45) is 2.62. The van der Waals surface area contributed by atoms with Gasteiger partial charge in [-0.3, -0.25) is 0 Å². The van der Waals surface area contributed by atoms with Crippen LogP contribution in [0.15, 0.2) is 66.1 Å². The highest BCUT2D eigenvalue weighted by molar-refractivity contribution is 5.87. The van der Waals surface area contributed by atoms with E-state index in [9.17, 15) is 9.90 Å². The number of phenols is 1. The minimum atomic E-state index is -0.939. The van der Waals surface area contributed by atoms with E-state index in [2.05, 4.69) is 11.8 Å². The average Bonchev–Trinajstić information content (AvgIpc) is 2.72. The van der Waals surface area contributed by atoms with Gasteiger partial charge in [-0.15, -0.1) is 0 Å². The van der Waals surface area contributed by atoms with Crippen LogP contribution in [-0.4, -0.2) is 34.2 Å². The van der Waals surface area contributed by atoms with Crippen LogP contribution in [0.25, 0.3) is 5.70 Å². The van der Waals surface area contributed by atoms with Crippen molar-refractivity contribution in [1.82, 2.24) is 4.90 Å². The zero-order chi connectivity index (χ0) is 21.8. The van der Waals surface area contributed by atoms with Crippen molar-refractivity contribution in [3.8, 4) is 5.75 Å². The fourth-order valence-electron chi connectivity index (χ4n) is 3.89. The lowest BCUT2D eigenvalue weighted by molar-refractivity contribution is 0.0697. The number of phenolic OH excluding ortho intramolecular Hbond substituents is 1. The molecule has 1 unspecified atom stereocenters. The molecule has 7 heteroatoms. The predicted molar refractivity (Wildman–Crippen MR) is 117 cm³/mol. The van der Waals surface area contributed by atoms with Gasteiger partial charge in [0.05, 0.1) is 11.3 Å². The summed E-state index contributed by atoms with van der Waals surface area (Å²) in [6, 6.07) is 13.8. The highest BCUT2D eigenvalue weighted by Crippen LogP contribution is 2.34. The van der Waals surface area contributed by atoms with Crippen LogP contribution in [0.2, 0.25) is 0 Å². The van der Waals surface area contributed by atoms with Crippen molar-refractivity contribution >= 4 is 11.7 Å². The van der Waals surface area contributed by atoms with E-state index < -0.39 is 5.97 Å². The fraction of sp³-hybridized carbons (Fsp3) is 0.261. The Morgan fingerprint density at radius 3 is 2.37 bits per heavy atom. The molecule has 2 atom stereocenters. The van der Waals surface area contributed by atoms with Crippen LogP contribution in [0, 0.1) is 5.92 Å². The number of nitrogens with zero attached hydrogens (tertiary/aromatic N) is 1. The topological polar surface area (TPSA) is 139 Å². The molecule has 1 saturated heterocycles. The standard InChI is InChI=1S/C23H28N4O3/c1-14-10-11-27(13-18(14)15-6-8-16(9-7-15)23(29)30)20(22(25)26)12-19(24)17-4-2-3-5-21(17)28/h2-9,12,14,18,28H,10-11,13,24-26H2,1H3,(H,29,30)/b19-12-/t14-,18?/m1/s1. The third kappa shape index (κ3) is 4.51. The first kappa shape index (κ1) is 21.1. The average molecular weight is 409 g/mol. The number of piperidine rings is 1. The number of likely N-dealkylation sites (tertiary alicyclic amines) is 1. The number of nitrogens with two attached hydrogens (primary N) is 3. The number of carboxylic acids is 1. The monoisotopic (exact) mass is 408 g/mol. The van der Waals surface area contributed by atoms with Gasteiger partial charge in [0.2, 0.25) is 0 Å². The van der Waals surface area contributed by atoms with Crippen LogP contribution in [0.3, 0.4) is 0 Å². The molecular weight excluding hydrogens is 380 g/mol. The Labute approximate surface area is 176 Å². The van der Waals surface area contributed by atoms with Crippen LogP contribution >= 0.6 is 0 Å². The number of hydrogen-bond acceptors (Lipinski definition) is 6. The summed E-state index contributed by atoms with van der Waals surface area (Å²) in [5, 5.41) is 19.2. The number of aromatic carboxylic acids is 1. The number of allylic oxidation sites excluding steroid dienone is 1. The van der Waals surface area contributed by atoms with E-state index in [0.717, 1.165) is 18.5 Å². The molecule has 1 heterocycles. The number of benzene rings is 2. The zero-order valence-electron chi connectivity index (χ0n) is 17.0. The van der Waals surface area contributed by atoms with Crippen molar-refractivity contribution in [1.29, 1.82) is 0 Å². The van der Waals surface area contributed by atoms with E-state index >= 15 is 0 Å². The molecule has 0 aromatic heterocycles. The number of para-hydroxylation sites is 1. The summed E-state index contributed by atoms with van der Waals surface area (Å²) in [5.41, 5.74) is 21.1. The van der Waals surface area contributed by atoms with Gasteiger partial charge in [0, 0.05) is 30.3 Å². The Bertz CT molecular complexity index is 978. The molecule has 8 N–H and O–H groups in total. The Morgan fingerprint density at radius 1 is 1.10 bits per heavy atom. The lowest BCUT2D eigenvalue weighted by atomic mass is 9.81. The molecule has 0 aliphatic carbocycles. The summed E-state index contributed by atoms with van der Waals surface area (Å²) < 4.78 is 0. The molecule has 1 aliphatic heterocycles. The third-order valence-electron chi connectivity index (χ3n) is 5.69. The normalized spacial score (nSPS) is 19.4. The van der Waals surface area contributed by atoms with E-state index in [1.54, 1.807) is 42.5 Å². The molecule has 2 aromatic rings. The minimum absolute atomic E-state index is 0.0878. The van der Waals surface area contributed by atoms with Gasteiger partial charge in [-0.1, -0.05) is 31.2 Å². The molecule has 1 aliphatic rings. The maximum atomic E-state index is 11.1. The first-order chi connectivity index (χ1) is 14.3. The largest absolute Gasteiger partial charge is 0.507 e. The van der Waals surface area contributed by atoms with Gasteiger partial charge in [0.15, 0.2) is 0 Å². The summed E-state index contributed by atoms with van der Waals surface area (Å²) in [6.45, 7) is 3.63. The zero-order valence-corrected chi connectivity index (χ0v) is 17.0. The molecular formula is C23H28N4O3. The van der Waals surface area contributed by atoms with E-state index in [1.807, 2.05) is 12.1 Å². The van der Waals surface area contributed by atoms with Crippen LogP contribution in [0.1, 0.15) is 40.7 Å². The number of hydrogen-bond donors (Lipinski definition) is 5. The van der Waals surface area contributed by atoms with Crippen molar-refractivity contribution in [3.05, 3.63) is 82.8 Å². The Morgan fingerprint density at radius 2 is 1.77 bits per heavy atom. The molecule has 1 fully saturated rings. The van der Waals surface area contributed by atoms with Gasteiger partial charge in [-0.2, -0.15) is 0 Å². The Balaban J connectivity index is 1.87. The predicted octanol–water partition coefficient (Wildman–Crippen LogP) is 2.60. The van der Waals surface area contributed by atoms with Crippen molar-refractivity contribution in [2.45, 2.75) is 19.3 Å². The molecule has 7 nitrogen and oxygen atoms in total. The third-order valence-corrected chi connectivity index (χ3v) is 5.69. The molecule has 30 heavy (non-hydrogen) atoms. The highest BCUT2D eigenvalue weighted by Gasteiger charge is 2.29. The number of aromatic hydroxyl groups is 1. The number of carboxylic acid groups (broad SMARTS) is 1. The van der Waals surface area contributed by atoms with Gasteiger partial charge in [-0.05, 0) is 48.2 Å². The Kier molecular flexibility index (Phi) is 6.20. The van der Waals surface area contributed by atoms with Crippen molar-refractivity contribution < 1.29 is 15.0 Å². The molecule has 0 amide bonds. The van der Waals surface area contributed by atoms with E-state index in [4.69, 9.17) is 22.3 Å². The summed E-state index contributed by atoms with van der Waals surface area (Å²) in [4.78, 5) is 13.2. The van der Waals surface area contributed by atoms with Crippen molar-refractivity contribution in [2.24, 2.45) is 23.1 Å². The number of rotatable bonds is 5. The lowest BCUT2D eigenvalue weighted by Gasteiger charge is -2.39. The first-order valence-electron chi connectivity index (χ1n) is 9.87. The maximum absolute atomic E-state index is 11.1.